The molecule has 1 heterocycles. The molecule has 0 aliphatic rings. The van der Waals surface area contributed by atoms with E-state index in [9.17, 15) is 9.59 Å². The summed E-state index contributed by atoms with van der Waals surface area (Å²) in [5, 5.41) is 4.85. The van der Waals surface area contributed by atoms with Crippen LogP contribution in [0, 0.1) is 0 Å². The number of nitrogens with one attached hydrogen (secondary N) is 1. The molecular weight excluding hydrogens is 264 g/mol. The van der Waals surface area contributed by atoms with Crippen molar-refractivity contribution in [1.82, 2.24) is 10.2 Å². The Morgan fingerprint density at radius 1 is 1.47 bits per heavy atom. The van der Waals surface area contributed by atoms with E-state index < -0.39 is 0 Å². The summed E-state index contributed by atoms with van der Waals surface area (Å²) in [4.78, 5) is 25.6. The molecule has 1 aromatic heterocycles. The standard InChI is InChI=1S/C13H20N2O3S/c1-15(7-3-6-13(17)18-2)10-12(16)14-9-11-5-4-8-19-11/h4-5,8H,3,6-7,9-10H2,1-2H3,(H,14,16). The molecule has 0 fully saturated rings. The van der Waals surface area contributed by atoms with Crippen LogP contribution in [-0.2, 0) is 20.9 Å². The van der Waals surface area contributed by atoms with Crippen molar-refractivity contribution in [2.24, 2.45) is 0 Å². The summed E-state index contributed by atoms with van der Waals surface area (Å²) in [5.41, 5.74) is 0. The van der Waals surface area contributed by atoms with Gasteiger partial charge in [-0.15, -0.1) is 11.3 Å². The van der Waals surface area contributed by atoms with Crippen molar-refractivity contribution in [2.75, 3.05) is 27.2 Å². The van der Waals surface area contributed by atoms with Crippen molar-refractivity contribution >= 4 is 23.2 Å². The molecule has 0 saturated carbocycles. The van der Waals surface area contributed by atoms with Gasteiger partial charge >= 0.3 is 5.97 Å². The van der Waals surface area contributed by atoms with Crippen molar-refractivity contribution in [3.8, 4) is 0 Å². The van der Waals surface area contributed by atoms with Crippen LogP contribution in [-0.4, -0.2) is 44.0 Å². The fraction of sp³-hybridized carbons (Fsp3) is 0.538. The van der Waals surface area contributed by atoms with Crippen LogP contribution in [0.25, 0.3) is 0 Å². The van der Waals surface area contributed by atoms with Gasteiger partial charge in [-0.1, -0.05) is 6.07 Å². The van der Waals surface area contributed by atoms with Gasteiger partial charge in [0.1, 0.15) is 0 Å². The first kappa shape index (κ1) is 15.7. The van der Waals surface area contributed by atoms with Gasteiger partial charge in [0.05, 0.1) is 20.2 Å². The van der Waals surface area contributed by atoms with Crippen molar-refractivity contribution < 1.29 is 14.3 Å². The van der Waals surface area contributed by atoms with Gasteiger partial charge in [0.2, 0.25) is 5.91 Å². The van der Waals surface area contributed by atoms with Crippen molar-refractivity contribution in [3.05, 3.63) is 22.4 Å². The van der Waals surface area contributed by atoms with E-state index in [1.807, 2.05) is 29.5 Å². The molecular formula is C13H20N2O3S. The molecule has 0 spiro atoms. The van der Waals surface area contributed by atoms with Gasteiger partial charge in [-0.3, -0.25) is 14.5 Å². The van der Waals surface area contributed by atoms with Crippen LogP contribution in [0.3, 0.4) is 0 Å². The Kier molecular flexibility index (Phi) is 7.14. The molecule has 0 radical (unpaired) electrons. The van der Waals surface area contributed by atoms with Gasteiger partial charge in [0.15, 0.2) is 0 Å². The molecule has 19 heavy (non-hydrogen) atoms. The predicted molar refractivity (Wildman–Crippen MR) is 74.9 cm³/mol. The molecule has 0 aliphatic heterocycles. The van der Waals surface area contributed by atoms with E-state index in [2.05, 4.69) is 10.1 Å². The van der Waals surface area contributed by atoms with Gasteiger partial charge in [-0.25, -0.2) is 0 Å². The zero-order chi connectivity index (χ0) is 14.1. The number of carbonyl (C=O) groups is 2. The van der Waals surface area contributed by atoms with E-state index in [4.69, 9.17) is 0 Å². The van der Waals surface area contributed by atoms with Gasteiger partial charge in [-0.05, 0) is 31.5 Å². The lowest BCUT2D eigenvalue weighted by Crippen LogP contribution is -2.35. The maximum Gasteiger partial charge on any atom is 0.305 e. The first-order chi connectivity index (χ1) is 9.11. The third kappa shape index (κ3) is 6.93. The Labute approximate surface area is 117 Å². The average Bonchev–Trinajstić information content (AvgIpc) is 2.89. The molecule has 5 nitrogen and oxygen atoms in total. The molecule has 6 heteroatoms. The average molecular weight is 284 g/mol. The Morgan fingerprint density at radius 3 is 2.89 bits per heavy atom. The second-order valence-electron chi connectivity index (χ2n) is 4.27. The van der Waals surface area contributed by atoms with E-state index in [1.165, 1.54) is 7.11 Å². The van der Waals surface area contributed by atoms with Crippen LogP contribution in [0.2, 0.25) is 0 Å². The summed E-state index contributed by atoms with van der Waals surface area (Å²) in [5.74, 6) is -0.218. The largest absolute Gasteiger partial charge is 0.469 e. The van der Waals surface area contributed by atoms with Gasteiger partial charge in [0, 0.05) is 11.3 Å². The van der Waals surface area contributed by atoms with Crippen LogP contribution in [0.5, 0.6) is 0 Å². The predicted octanol–water partition coefficient (Wildman–Crippen LogP) is 1.25. The molecule has 1 amide bonds. The number of rotatable bonds is 8. The topological polar surface area (TPSA) is 58.6 Å². The van der Waals surface area contributed by atoms with Crippen LogP contribution >= 0.6 is 11.3 Å². The SMILES string of the molecule is COC(=O)CCCN(C)CC(=O)NCc1cccs1. The summed E-state index contributed by atoms with van der Waals surface area (Å²) in [7, 11) is 3.24. The number of ether oxygens (including phenoxy) is 1. The minimum Gasteiger partial charge on any atom is -0.469 e. The quantitative estimate of drug-likeness (QED) is 0.730. The number of hydrogen-bond acceptors (Lipinski definition) is 5. The van der Waals surface area contributed by atoms with Gasteiger partial charge in [-0.2, -0.15) is 0 Å². The zero-order valence-electron chi connectivity index (χ0n) is 11.3. The Morgan fingerprint density at radius 2 is 2.26 bits per heavy atom. The third-order valence-corrected chi connectivity index (χ3v) is 3.48. The molecule has 0 saturated heterocycles. The van der Waals surface area contributed by atoms with E-state index >= 15 is 0 Å². The Balaban J connectivity index is 2.12. The number of hydrogen-bond donors (Lipinski definition) is 1. The number of likely N-dealkylation sites (N-methyl/N-ethyl adjacent to an activating group) is 1. The summed E-state index contributed by atoms with van der Waals surface area (Å²) in [6, 6.07) is 3.95. The molecule has 1 N–H and O–H groups in total. The van der Waals surface area contributed by atoms with Crippen molar-refractivity contribution in [1.29, 1.82) is 0 Å². The van der Waals surface area contributed by atoms with Crippen LogP contribution < -0.4 is 5.32 Å². The molecule has 106 valence electrons. The van der Waals surface area contributed by atoms with Crippen LogP contribution in [0.1, 0.15) is 17.7 Å². The molecule has 1 rings (SSSR count). The maximum absolute atomic E-state index is 11.7. The van der Waals surface area contributed by atoms with E-state index in [1.54, 1.807) is 11.3 Å². The highest BCUT2D eigenvalue weighted by atomic mass is 32.1. The molecule has 0 unspecified atom stereocenters. The Hall–Kier alpha value is -1.40. The highest BCUT2D eigenvalue weighted by Gasteiger charge is 2.07. The smallest absolute Gasteiger partial charge is 0.305 e. The first-order valence-corrected chi connectivity index (χ1v) is 7.04. The number of amides is 1. The fourth-order valence-corrected chi connectivity index (χ4v) is 2.22. The van der Waals surface area contributed by atoms with Gasteiger partial charge in [0.25, 0.3) is 0 Å². The number of esters is 1. The number of carbonyl (C=O) groups excluding carboxylic acids is 2. The monoisotopic (exact) mass is 284 g/mol. The molecule has 1 aromatic rings. The van der Waals surface area contributed by atoms with E-state index in [0.29, 0.717) is 32.5 Å². The summed E-state index contributed by atoms with van der Waals surface area (Å²) < 4.78 is 4.56. The summed E-state index contributed by atoms with van der Waals surface area (Å²) in [6.45, 7) is 1.61. The summed E-state index contributed by atoms with van der Waals surface area (Å²) >= 11 is 1.62. The second-order valence-corrected chi connectivity index (χ2v) is 5.31. The van der Waals surface area contributed by atoms with E-state index in [-0.39, 0.29) is 11.9 Å². The minimum atomic E-state index is -0.212. The zero-order valence-corrected chi connectivity index (χ0v) is 12.2. The lowest BCUT2D eigenvalue weighted by molar-refractivity contribution is -0.140. The van der Waals surface area contributed by atoms with Gasteiger partial charge < -0.3 is 10.1 Å². The van der Waals surface area contributed by atoms with Crippen LogP contribution in [0.15, 0.2) is 17.5 Å². The first-order valence-electron chi connectivity index (χ1n) is 6.16. The van der Waals surface area contributed by atoms with E-state index in [0.717, 1.165) is 4.88 Å². The maximum atomic E-state index is 11.7. The molecule has 0 aliphatic carbocycles. The highest BCUT2D eigenvalue weighted by molar-refractivity contribution is 7.09. The summed E-state index contributed by atoms with van der Waals surface area (Å²) in [6.07, 6.45) is 1.08. The normalized spacial score (nSPS) is 10.5. The lowest BCUT2D eigenvalue weighted by Gasteiger charge is -2.15. The third-order valence-electron chi connectivity index (χ3n) is 2.60. The highest BCUT2D eigenvalue weighted by Crippen LogP contribution is 2.07. The van der Waals surface area contributed by atoms with Crippen molar-refractivity contribution in [2.45, 2.75) is 19.4 Å². The number of nitrogens with zero attached hydrogens (tertiary/aromatic N) is 1. The Bertz CT molecular complexity index is 393. The number of methoxy groups -OCH3 is 1. The molecule has 0 aromatic carbocycles. The minimum absolute atomic E-state index is 0.00559. The number of thiophene rings is 1. The van der Waals surface area contributed by atoms with Crippen molar-refractivity contribution in [3.63, 3.8) is 0 Å². The molecule has 0 atom stereocenters. The second kappa shape index (κ2) is 8.66. The fourth-order valence-electron chi connectivity index (χ4n) is 1.57. The lowest BCUT2D eigenvalue weighted by atomic mass is 10.3. The van der Waals surface area contributed by atoms with Crippen LogP contribution in [0.4, 0.5) is 0 Å². The molecule has 0 bridgehead atoms.